The van der Waals surface area contributed by atoms with Crippen LogP contribution in [0.3, 0.4) is 0 Å². The molecule has 0 spiro atoms. The van der Waals surface area contributed by atoms with Gasteiger partial charge in [-0.15, -0.1) is 11.6 Å². The van der Waals surface area contributed by atoms with E-state index in [0.29, 0.717) is 0 Å². The number of halogens is 2. The highest BCUT2D eigenvalue weighted by Crippen LogP contribution is 2.24. The molecule has 1 N–H and O–H groups in total. The van der Waals surface area contributed by atoms with Crippen LogP contribution in [0.2, 0.25) is 0 Å². The van der Waals surface area contributed by atoms with Crippen molar-refractivity contribution in [2.75, 3.05) is 0 Å². The van der Waals surface area contributed by atoms with Gasteiger partial charge in [0, 0.05) is 23.3 Å². The lowest BCUT2D eigenvalue weighted by molar-refractivity contribution is 0.855. The fraction of sp³-hybridized carbons (Fsp3) is 0.182. The summed E-state index contributed by atoms with van der Waals surface area (Å²) in [7, 11) is 0. The molecule has 2 aromatic rings. The highest BCUT2D eigenvalue weighted by Gasteiger charge is 2.09. The van der Waals surface area contributed by atoms with E-state index in [9.17, 15) is 0 Å². The van der Waals surface area contributed by atoms with E-state index in [1.165, 1.54) is 0 Å². The number of rotatable bonds is 3. The molecule has 1 aromatic heterocycles. The van der Waals surface area contributed by atoms with E-state index >= 15 is 0 Å². The summed E-state index contributed by atoms with van der Waals surface area (Å²) in [5.41, 5.74) is 1.11. The Morgan fingerprint density at radius 1 is 1.33 bits per heavy atom. The molecule has 0 saturated carbocycles. The molecule has 15 heavy (non-hydrogen) atoms. The first-order valence-corrected chi connectivity index (χ1v) is 5.86. The largest absolute Gasteiger partial charge is 0.349 e. The maximum absolute atomic E-state index is 6.27. The fourth-order valence-corrected chi connectivity index (χ4v) is 1.92. The first kappa shape index (κ1) is 10.7. The summed E-state index contributed by atoms with van der Waals surface area (Å²) in [5, 5.41) is -0.0377. The molecule has 4 heteroatoms. The molecular formula is C11H10BrClN2. The zero-order chi connectivity index (χ0) is 10.7. The SMILES string of the molecule is ClC(Cc1ncc[nH]1)c1ccc(Br)cc1. The molecule has 1 unspecified atom stereocenters. The van der Waals surface area contributed by atoms with Gasteiger partial charge >= 0.3 is 0 Å². The minimum atomic E-state index is -0.0377. The Kier molecular flexibility index (Phi) is 3.44. The van der Waals surface area contributed by atoms with Crippen LogP contribution in [-0.2, 0) is 6.42 Å². The minimum Gasteiger partial charge on any atom is -0.349 e. The van der Waals surface area contributed by atoms with Gasteiger partial charge < -0.3 is 4.98 Å². The molecule has 0 aliphatic rings. The highest BCUT2D eigenvalue weighted by molar-refractivity contribution is 9.10. The third-order valence-electron chi connectivity index (χ3n) is 2.16. The number of benzene rings is 1. The summed E-state index contributed by atoms with van der Waals surface area (Å²) in [6, 6.07) is 8.02. The second-order valence-corrected chi connectivity index (χ2v) is 4.70. The predicted molar refractivity (Wildman–Crippen MR) is 65.0 cm³/mol. The number of hydrogen-bond donors (Lipinski definition) is 1. The highest BCUT2D eigenvalue weighted by atomic mass is 79.9. The van der Waals surface area contributed by atoms with Crippen LogP contribution in [0.1, 0.15) is 16.8 Å². The topological polar surface area (TPSA) is 28.7 Å². The van der Waals surface area contributed by atoms with Gasteiger partial charge in [0.05, 0.1) is 5.38 Å². The van der Waals surface area contributed by atoms with Gasteiger partial charge in [0.25, 0.3) is 0 Å². The Morgan fingerprint density at radius 3 is 2.67 bits per heavy atom. The maximum atomic E-state index is 6.27. The number of aromatic nitrogens is 2. The van der Waals surface area contributed by atoms with Gasteiger partial charge in [0.1, 0.15) is 5.82 Å². The van der Waals surface area contributed by atoms with Crippen LogP contribution in [-0.4, -0.2) is 9.97 Å². The van der Waals surface area contributed by atoms with Crippen LogP contribution in [0.15, 0.2) is 41.1 Å². The first-order chi connectivity index (χ1) is 7.25. The zero-order valence-electron chi connectivity index (χ0n) is 7.95. The van der Waals surface area contributed by atoms with E-state index in [0.717, 1.165) is 22.3 Å². The van der Waals surface area contributed by atoms with Crippen LogP contribution >= 0.6 is 27.5 Å². The molecule has 0 aliphatic heterocycles. The van der Waals surface area contributed by atoms with Crippen LogP contribution < -0.4 is 0 Å². The van der Waals surface area contributed by atoms with Gasteiger partial charge in [-0.25, -0.2) is 4.98 Å². The quantitative estimate of drug-likeness (QED) is 0.856. The average Bonchev–Trinajstić information content (AvgIpc) is 2.71. The molecular weight excluding hydrogens is 275 g/mol. The maximum Gasteiger partial charge on any atom is 0.107 e. The predicted octanol–water partition coefficient (Wildman–Crippen LogP) is 3.69. The lowest BCUT2D eigenvalue weighted by atomic mass is 10.1. The van der Waals surface area contributed by atoms with E-state index in [2.05, 4.69) is 25.9 Å². The van der Waals surface area contributed by atoms with E-state index in [1.807, 2.05) is 24.3 Å². The molecule has 0 amide bonds. The van der Waals surface area contributed by atoms with Gasteiger partial charge in [-0.1, -0.05) is 28.1 Å². The number of aromatic amines is 1. The van der Waals surface area contributed by atoms with Gasteiger partial charge in [-0.2, -0.15) is 0 Å². The normalized spacial score (nSPS) is 12.7. The molecule has 0 radical (unpaired) electrons. The van der Waals surface area contributed by atoms with Crippen LogP contribution in [0.4, 0.5) is 0 Å². The Labute approximate surface area is 102 Å². The minimum absolute atomic E-state index is 0.0377. The molecule has 2 rings (SSSR count). The molecule has 0 fully saturated rings. The van der Waals surface area contributed by atoms with Gasteiger partial charge in [0.15, 0.2) is 0 Å². The number of H-pyrrole nitrogens is 1. The summed E-state index contributed by atoms with van der Waals surface area (Å²) in [6.07, 6.45) is 4.26. The molecule has 2 nitrogen and oxygen atoms in total. The van der Waals surface area contributed by atoms with Gasteiger partial charge in [-0.05, 0) is 17.7 Å². The monoisotopic (exact) mass is 284 g/mol. The molecule has 0 saturated heterocycles. The van der Waals surface area contributed by atoms with Crippen molar-refractivity contribution >= 4 is 27.5 Å². The molecule has 1 aromatic carbocycles. The van der Waals surface area contributed by atoms with Crippen molar-refractivity contribution in [3.63, 3.8) is 0 Å². The average molecular weight is 286 g/mol. The van der Waals surface area contributed by atoms with Crippen molar-refractivity contribution in [3.05, 3.63) is 52.5 Å². The van der Waals surface area contributed by atoms with Crippen molar-refractivity contribution < 1.29 is 0 Å². The van der Waals surface area contributed by atoms with Crippen molar-refractivity contribution in [1.82, 2.24) is 9.97 Å². The summed E-state index contributed by atoms with van der Waals surface area (Å²) in [4.78, 5) is 7.19. The van der Waals surface area contributed by atoms with Crippen molar-refractivity contribution in [1.29, 1.82) is 0 Å². The van der Waals surface area contributed by atoms with E-state index < -0.39 is 0 Å². The molecule has 1 atom stereocenters. The van der Waals surface area contributed by atoms with Crippen LogP contribution in [0, 0.1) is 0 Å². The fourth-order valence-electron chi connectivity index (χ4n) is 1.37. The van der Waals surface area contributed by atoms with Crippen LogP contribution in [0.25, 0.3) is 0 Å². The Balaban J connectivity index is 2.08. The van der Waals surface area contributed by atoms with E-state index in [1.54, 1.807) is 12.4 Å². The standard InChI is InChI=1S/C11H10BrClN2/c12-9-3-1-8(2-4-9)10(13)7-11-14-5-6-15-11/h1-6,10H,7H2,(H,14,15). The Morgan fingerprint density at radius 2 is 2.07 bits per heavy atom. The summed E-state index contributed by atoms with van der Waals surface area (Å²) >= 11 is 9.67. The molecule has 0 bridgehead atoms. The van der Waals surface area contributed by atoms with E-state index in [-0.39, 0.29) is 5.38 Å². The van der Waals surface area contributed by atoms with Crippen molar-refractivity contribution in [2.45, 2.75) is 11.8 Å². The number of nitrogens with one attached hydrogen (secondary N) is 1. The van der Waals surface area contributed by atoms with Crippen molar-refractivity contribution in [2.24, 2.45) is 0 Å². The van der Waals surface area contributed by atoms with Crippen LogP contribution in [0.5, 0.6) is 0 Å². The third-order valence-corrected chi connectivity index (χ3v) is 3.09. The second kappa shape index (κ2) is 4.81. The third kappa shape index (κ3) is 2.83. The zero-order valence-corrected chi connectivity index (χ0v) is 10.3. The summed E-state index contributed by atoms with van der Waals surface area (Å²) < 4.78 is 1.06. The number of alkyl halides is 1. The smallest absolute Gasteiger partial charge is 0.107 e. The molecule has 78 valence electrons. The lowest BCUT2D eigenvalue weighted by Gasteiger charge is -2.07. The second-order valence-electron chi connectivity index (χ2n) is 3.26. The number of nitrogens with zero attached hydrogens (tertiary/aromatic N) is 1. The number of imidazole rings is 1. The van der Waals surface area contributed by atoms with Crippen molar-refractivity contribution in [3.8, 4) is 0 Å². The Bertz CT molecular complexity index is 411. The molecule has 1 heterocycles. The Hall–Kier alpha value is -0.800. The van der Waals surface area contributed by atoms with E-state index in [4.69, 9.17) is 11.6 Å². The molecule has 0 aliphatic carbocycles. The number of hydrogen-bond acceptors (Lipinski definition) is 1. The summed E-state index contributed by atoms with van der Waals surface area (Å²) in [5.74, 6) is 0.915. The summed E-state index contributed by atoms with van der Waals surface area (Å²) in [6.45, 7) is 0. The van der Waals surface area contributed by atoms with Gasteiger partial charge in [-0.3, -0.25) is 0 Å². The lowest BCUT2D eigenvalue weighted by Crippen LogP contribution is -1.97. The van der Waals surface area contributed by atoms with Gasteiger partial charge in [0.2, 0.25) is 0 Å². The first-order valence-electron chi connectivity index (χ1n) is 4.63.